The zero-order chi connectivity index (χ0) is 23.0. The van der Waals surface area contributed by atoms with Crippen LogP contribution in [-0.4, -0.2) is 30.2 Å². The van der Waals surface area contributed by atoms with E-state index in [4.69, 9.17) is 4.43 Å². The molecule has 0 saturated heterocycles. The van der Waals surface area contributed by atoms with Crippen molar-refractivity contribution in [2.75, 3.05) is 0 Å². The molecule has 2 N–H and O–H groups in total. The highest BCUT2D eigenvalue weighted by molar-refractivity contribution is 6.99. The fourth-order valence-electron chi connectivity index (χ4n) is 5.11. The molecule has 0 bridgehead atoms. The van der Waals surface area contributed by atoms with Gasteiger partial charge in [-0.3, -0.25) is 0 Å². The minimum atomic E-state index is -2.80. The predicted molar refractivity (Wildman–Crippen MR) is 133 cm³/mol. The van der Waals surface area contributed by atoms with Crippen LogP contribution in [0.15, 0.2) is 84.9 Å². The third kappa shape index (κ3) is 4.08. The summed E-state index contributed by atoms with van der Waals surface area (Å²) in [6, 6.07) is 29.3. The molecule has 4 heteroatoms. The first kappa shape index (κ1) is 22.9. The summed E-state index contributed by atoms with van der Waals surface area (Å²) >= 11 is 0. The molecule has 0 radical (unpaired) electrons. The lowest BCUT2D eigenvalue weighted by atomic mass is 9.92. The number of hydrogen-bond donors (Lipinski definition) is 2. The lowest BCUT2D eigenvalue weighted by Crippen LogP contribution is -2.67. The number of hydrogen-bond acceptors (Lipinski definition) is 3. The van der Waals surface area contributed by atoms with Gasteiger partial charge < -0.3 is 14.6 Å². The summed E-state index contributed by atoms with van der Waals surface area (Å²) in [4.78, 5) is 0. The van der Waals surface area contributed by atoms with Crippen molar-refractivity contribution < 1.29 is 14.6 Å². The maximum Gasteiger partial charge on any atom is 0.261 e. The van der Waals surface area contributed by atoms with Crippen LogP contribution in [0, 0.1) is 0 Å². The molecule has 1 aliphatic carbocycles. The van der Waals surface area contributed by atoms with E-state index in [0.717, 1.165) is 11.1 Å². The van der Waals surface area contributed by atoms with E-state index in [-0.39, 0.29) is 11.1 Å². The minimum absolute atomic E-state index is 0.162. The summed E-state index contributed by atoms with van der Waals surface area (Å²) in [6.45, 7) is 8.50. The lowest BCUT2D eigenvalue weighted by Gasteiger charge is -2.45. The molecule has 0 saturated carbocycles. The molecular formula is C28H34O3Si. The van der Waals surface area contributed by atoms with E-state index in [1.165, 1.54) is 10.4 Å². The molecule has 32 heavy (non-hydrogen) atoms. The maximum atomic E-state index is 11.0. The molecule has 1 aliphatic rings. The number of rotatable bonds is 4. The van der Waals surface area contributed by atoms with Crippen molar-refractivity contribution in [3.8, 4) is 0 Å². The third-order valence-corrected chi connectivity index (χ3v) is 11.9. The van der Waals surface area contributed by atoms with E-state index in [0.29, 0.717) is 12.8 Å². The number of aliphatic hydroxyl groups is 2. The quantitative estimate of drug-likeness (QED) is 0.462. The van der Waals surface area contributed by atoms with Gasteiger partial charge in [0, 0.05) is 12.8 Å². The van der Waals surface area contributed by atoms with Gasteiger partial charge in [0.05, 0.1) is 17.8 Å². The Labute approximate surface area is 192 Å². The van der Waals surface area contributed by atoms with Gasteiger partial charge in [-0.1, -0.05) is 106 Å². The Balaban J connectivity index is 1.92. The van der Waals surface area contributed by atoms with Crippen LogP contribution in [0.4, 0.5) is 0 Å². The number of fused-ring (bicyclic) bond motifs is 1. The highest BCUT2D eigenvalue weighted by atomic mass is 28.4. The monoisotopic (exact) mass is 446 g/mol. The fourth-order valence-corrected chi connectivity index (χ4v) is 9.78. The topological polar surface area (TPSA) is 49.7 Å². The first-order valence-electron chi connectivity index (χ1n) is 11.4. The first-order chi connectivity index (χ1) is 15.1. The fraction of sp³-hybridized carbons (Fsp3) is 0.357. The van der Waals surface area contributed by atoms with Crippen molar-refractivity contribution in [2.24, 2.45) is 0 Å². The Kier molecular flexibility index (Phi) is 6.16. The standard InChI is InChI=1S/C28H34O3Si/c1-27(2,3)32(22-14-7-5-8-15-22,23-16-9-6-10-17-23)31-25-19-26(29)28(4,30)20-21-13-11-12-18-24(21)25/h5-18,25-26,29-30H,19-20H2,1-4H3. The maximum absolute atomic E-state index is 11.0. The van der Waals surface area contributed by atoms with Crippen LogP contribution in [0.25, 0.3) is 0 Å². The van der Waals surface area contributed by atoms with Crippen molar-refractivity contribution in [3.05, 3.63) is 96.1 Å². The molecule has 3 unspecified atom stereocenters. The Morgan fingerprint density at radius 1 is 0.844 bits per heavy atom. The van der Waals surface area contributed by atoms with Crippen LogP contribution in [-0.2, 0) is 10.8 Å². The van der Waals surface area contributed by atoms with Gasteiger partial charge in [-0.25, -0.2) is 0 Å². The normalized spacial score (nSPS) is 23.9. The molecule has 3 nitrogen and oxygen atoms in total. The number of aliphatic hydroxyl groups excluding tert-OH is 1. The molecule has 4 rings (SSSR count). The second kappa shape index (κ2) is 8.60. The van der Waals surface area contributed by atoms with Crippen molar-refractivity contribution in [1.29, 1.82) is 0 Å². The first-order valence-corrected chi connectivity index (χ1v) is 13.3. The van der Waals surface area contributed by atoms with Crippen LogP contribution in [0.1, 0.15) is 51.3 Å². The van der Waals surface area contributed by atoms with Gasteiger partial charge >= 0.3 is 0 Å². The predicted octanol–water partition coefficient (Wildman–Crippen LogP) is 4.36. The van der Waals surface area contributed by atoms with E-state index in [1.54, 1.807) is 6.92 Å². The van der Waals surface area contributed by atoms with Crippen LogP contribution < -0.4 is 10.4 Å². The molecular weight excluding hydrogens is 412 g/mol. The largest absolute Gasteiger partial charge is 0.400 e. The van der Waals surface area contributed by atoms with Gasteiger partial charge in [0.1, 0.15) is 0 Å². The van der Waals surface area contributed by atoms with Crippen molar-refractivity contribution >= 4 is 18.7 Å². The van der Waals surface area contributed by atoms with Gasteiger partial charge in [0.25, 0.3) is 8.32 Å². The Morgan fingerprint density at radius 2 is 1.34 bits per heavy atom. The summed E-state index contributed by atoms with van der Waals surface area (Å²) in [6.07, 6.45) is -0.431. The van der Waals surface area contributed by atoms with Crippen LogP contribution in [0.5, 0.6) is 0 Å². The van der Waals surface area contributed by atoms with Crippen LogP contribution in [0.3, 0.4) is 0 Å². The van der Waals surface area contributed by atoms with Crippen molar-refractivity contribution in [3.63, 3.8) is 0 Å². The molecule has 3 atom stereocenters. The summed E-state index contributed by atoms with van der Waals surface area (Å²) in [5.74, 6) is 0. The summed E-state index contributed by atoms with van der Waals surface area (Å²) in [7, 11) is -2.80. The molecule has 0 heterocycles. The molecule has 0 aromatic heterocycles. The second-order valence-corrected chi connectivity index (χ2v) is 14.5. The van der Waals surface area contributed by atoms with E-state index >= 15 is 0 Å². The molecule has 168 valence electrons. The molecule has 3 aromatic rings. The van der Waals surface area contributed by atoms with Gasteiger partial charge in [-0.2, -0.15) is 0 Å². The minimum Gasteiger partial charge on any atom is -0.400 e. The summed E-state index contributed by atoms with van der Waals surface area (Å²) in [5, 5.41) is 24.2. The smallest absolute Gasteiger partial charge is 0.261 e. The highest BCUT2D eigenvalue weighted by Gasteiger charge is 2.52. The zero-order valence-electron chi connectivity index (χ0n) is 19.5. The Hall–Kier alpha value is -2.24. The van der Waals surface area contributed by atoms with E-state index in [2.05, 4.69) is 75.4 Å². The summed E-state index contributed by atoms with van der Waals surface area (Å²) in [5.41, 5.74) is 0.911. The zero-order valence-corrected chi connectivity index (χ0v) is 20.5. The van der Waals surface area contributed by atoms with Gasteiger partial charge in [-0.05, 0) is 33.5 Å². The van der Waals surface area contributed by atoms with Crippen LogP contribution in [0.2, 0.25) is 5.04 Å². The second-order valence-electron chi connectivity index (χ2n) is 10.3. The molecule has 0 spiro atoms. The van der Waals surface area contributed by atoms with E-state index < -0.39 is 20.0 Å². The highest BCUT2D eigenvalue weighted by Crippen LogP contribution is 2.43. The van der Waals surface area contributed by atoms with Gasteiger partial charge in [-0.15, -0.1) is 0 Å². The number of benzene rings is 3. The van der Waals surface area contributed by atoms with E-state index in [1.807, 2.05) is 30.3 Å². The Morgan fingerprint density at radius 3 is 1.88 bits per heavy atom. The van der Waals surface area contributed by atoms with Crippen LogP contribution >= 0.6 is 0 Å². The average molecular weight is 447 g/mol. The molecule has 0 amide bonds. The SMILES string of the molecule is CC1(O)Cc2ccccc2C(O[Si](c2ccccc2)(c2ccccc2)C(C)(C)C)CC1O. The molecule has 0 fully saturated rings. The molecule has 0 aliphatic heterocycles. The summed E-state index contributed by atoms with van der Waals surface area (Å²) < 4.78 is 7.35. The van der Waals surface area contributed by atoms with E-state index in [9.17, 15) is 10.2 Å². The molecule has 3 aromatic carbocycles. The van der Waals surface area contributed by atoms with Gasteiger partial charge in [0.2, 0.25) is 0 Å². The van der Waals surface area contributed by atoms with Crippen molar-refractivity contribution in [2.45, 2.75) is 63.4 Å². The third-order valence-electron chi connectivity index (χ3n) is 6.84. The Bertz CT molecular complexity index is 1000. The van der Waals surface area contributed by atoms with Crippen molar-refractivity contribution in [1.82, 2.24) is 0 Å². The lowest BCUT2D eigenvalue weighted by molar-refractivity contribution is -0.0729. The van der Waals surface area contributed by atoms with Gasteiger partial charge in [0.15, 0.2) is 0 Å². The average Bonchev–Trinajstić information content (AvgIpc) is 2.86.